The fourth-order valence-corrected chi connectivity index (χ4v) is 4.42. The number of hydrogen-bond donors (Lipinski definition) is 1. The van der Waals surface area contributed by atoms with Gasteiger partial charge in [0.15, 0.2) is 5.96 Å². The molecule has 1 amide bonds. The highest BCUT2D eigenvalue weighted by molar-refractivity contribution is 14.0. The molecule has 1 aromatic carbocycles. The average molecular weight is 514 g/mol. The quantitative estimate of drug-likeness (QED) is 0.344. The number of benzene rings is 1. The minimum Gasteiger partial charge on any atom is -0.497 e. The normalized spacial score (nSPS) is 20.6. The van der Waals surface area contributed by atoms with Gasteiger partial charge in [-0.05, 0) is 43.4 Å². The van der Waals surface area contributed by atoms with Crippen molar-refractivity contribution in [1.82, 2.24) is 15.1 Å². The van der Waals surface area contributed by atoms with Gasteiger partial charge in [0.25, 0.3) is 0 Å². The number of carbonyl (C=O) groups is 1. The summed E-state index contributed by atoms with van der Waals surface area (Å²) in [5.41, 5.74) is 1.36. The van der Waals surface area contributed by atoms with Crippen molar-refractivity contribution in [2.75, 3.05) is 40.3 Å². The summed E-state index contributed by atoms with van der Waals surface area (Å²) < 4.78 is 5.26. The second kappa shape index (κ2) is 11.6. The van der Waals surface area contributed by atoms with E-state index in [1.165, 1.54) is 5.56 Å². The number of carbonyl (C=O) groups excluding carboxylic acids is 1. The lowest BCUT2D eigenvalue weighted by atomic mass is 9.98. The van der Waals surface area contributed by atoms with E-state index in [2.05, 4.69) is 39.2 Å². The van der Waals surface area contributed by atoms with Crippen molar-refractivity contribution >= 4 is 35.8 Å². The number of nitrogens with zero attached hydrogens (tertiary/aromatic N) is 3. The molecule has 0 bridgehead atoms. The van der Waals surface area contributed by atoms with Crippen LogP contribution in [-0.4, -0.2) is 68.0 Å². The molecule has 0 aromatic heterocycles. The van der Waals surface area contributed by atoms with Crippen molar-refractivity contribution in [1.29, 1.82) is 0 Å². The monoisotopic (exact) mass is 514 g/mol. The van der Waals surface area contributed by atoms with E-state index < -0.39 is 0 Å². The summed E-state index contributed by atoms with van der Waals surface area (Å²) in [6.45, 7) is 5.93. The molecular formula is C22H35IN4O2. The zero-order valence-corrected chi connectivity index (χ0v) is 20.2. The summed E-state index contributed by atoms with van der Waals surface area (Å²) in [7, 11) is 3.55. The van der Waals surface area contributed by atoms with E-state index in [9.17, 15) is 4.79 Å². The average Bonchev–Trinajstić information content (AvgIpc) is 3.38. The number of nitrogens with one attached hydrogen (secondary N) is 1. The minimum atomic E-state index is 0. The van der Waals surface area contributed by atoms with Crippen molar-refractivity contribution in [3.63, 3.8) is 0 Å². The summed E-state index contributed by atoms with van der Waals surface area (Å²) in [5.74, 6) is 2.71. The molecule has 1 aromatic rings. The highest BCUT2D eigenvalue weighted by Crippen LogP contribution is 2.28. The molecule has 2 heterocycles. The minimum absolute atomic E-state index is 0. The lowest BCUT2D eigenvalue weighted by molar-refractivity contribution is -0.129. The molecule has 6 nitrogen and oxygen atoms in total. The third kappa shape index (κ3) is 5.99. The van der Waals surface area contributed by atoms with Crippen molar-refractivity contribution in [3.8, 4) is 5.75 Å². The highest BCUT2D eigenvalue weighted by Gasteiger charge is 2.28. The molecule has 0 radical (unpaired) electrons. The first kappa shape index (κ1) is 23.8. The maximum atomic E-state index is 12.0. The van der Waals surface area contributed by atoms with E-state index in [-0.39, 0.29) is 24.0 Å². The molecule has 3 rings (SSSR count). The molecule has 2 fully saturated rings. The van der Waals surface area contributed by atoms with Gasteiger partial charge in [0.05, 0.1) is 7.11 Å². The van der Waals surface area contributed by atoms with Gasteiger partial charge in [0.1, 0.15) is 5.75 Å². The van der Waals surface area contributed by atoms with Gasteiger partial charge in [-0.25, -0.2) is 0 Å². The number of methoxy groups -OCH3 is 1. The fourth-order valence-electron chi connectivity index (χ4n) is 4.42. The van der Waals surface area contributed by atoms with Gasteiger partial charge < -0.3 is 19.9 Å². The molecule has 2 unspecified atom stereocenters. The van der Waals surface area contributed by atoms with Crippen LogP contribution >= 0.6 is 24.0 Å². The summed E-state index contributed by atoms with van der Waals surface area (Å²) >= 11 is 0. The number of guanidine groups is 1. The number of ether oxygens (including phenoxy) is 1. The van der Waals surface area contributed by atoms with Crippen molar-refractivity contribution in [3.05, 3.63) is 29.8 Å². The molecule has 0 spiro atoms. The van der Waals surface area contributed by atoms with E-state index in [0.717, 1.165) is 63.6 Å². The Balaban J connectivity index is 0.00000300. The summed E-state index contributed by atoms with van der Waals surface area (Å²) in [5, 5.41) is 3.52. The van der Waals surface area contributed by atoms with Crippen LogP contribution < -0.4 is 10.1 Å². The van der Waals surface area contributed by atoms with Gasteiger partial charge in [-0.3, -0.25) is 9.79 Å². The van der Waals surface area contributed by atoms with Crippen LogP contribution in [0.3, 0.4) is 0 Å². The molecule has 0 saturated carbocycles. The molecule has 2 atom stereocenters. The number of halogens is 1. The molecular weight excluding hydrogens is 479 g/mol. The number of amides is 1. The first-order valence-corrected chi connectivity index (χ1v) is 10.5. The maximum Gasteiger partial charge on any atom is 0.222 e. The molecule has 0 aliphatic carbocycles. The van der Waals surface area contributed by atoms with Crippen LogP contribution in [0.25, 0.3) is 0 Å². The molecule has 2 aliphatic heterocycles. The molecule has 2 saturated heterocycles. The topological polar surface area (TPSA) is 57.2 Å². The van der Waals surface area contributed by atoms with E-state index in [1.807, 2.05) is 19.2 Å². The van der Waals surface area contributed by atoms with Crippen molar-refractivity contribution in [2.45, 2.75) is 51.0 Å². The highest BCUT2D eigenvalue weighted by atomic mass is 127. The van der Waals surface area contributed by atoms with Gasteiger partial charge in [-0.15, -0.1) is 24.0 Å². The summed E-state index contributed by atoms with van der Waals surface area (Å²) in [6, 6.07) is 8.75. The Kier molecular flexibility index (Phi) is 9.52. The molecule has 1 N–H and O–H groups in total. The van der Waals surface area contributed by atoms with Gasteiger partial charge in [-0.1, -0.05) is 19.1 Å². The largest absolute Gasteiger partial charge is 0.497 e. The fraction of sp³-hybridized carbons (Fsp3) is 0.636. The van der Waals surface area contributed by atoms with Crippen LogP contribution in [0.2, 0.25) is 0 Å². The van der Waals surface area contributed by atoms with Crippen LogP contribution in [0, 0.1) is 0 Å². The Hall–Kier alpha value is -1.51. The second-order valence-corrected chi connectivity index (χ2v) is 7.72. The number of rotatable bonds is 7. The smallest absolute Gasteiger partial charge is 0.222 e. The first-order chi connectivity index (χ1) is 13.7. The molecule has 29 heavy (non-hydrogen) atoms. The lowest BCUT2D eigenvalue weighted by Gasteiger charge is -2.28. The van der Waals surface area contributed by atoms with Gasteiger partial charge in [-0.2, -0.15) is 0 Å². The Bertz CT molecular complexity index is 680. The van der Waals surface area contributed by atoms with Gasteiger partial charge in [0, 0.05) is 51.6 Å². The standard InChI is InChI=1S/C22H34N4O2.HI/c1-4-19(26-14-5-6-21(26)27)11-13-24-22(23-2)25-15-12-18(16-25)17-7-9-20(28-3)10-8-17;/h7-10,18-19H,4-6,11-16H2,1-3H3,(H,23,24);1H. The second-order valence-electron chi connectivity index (χ2n) is 7.72. The van der Waals surface area contributed by atoms with Crippen molar-refractivity contribution < 1.29 is 9.53 Å². The number of likely N-dealkylation sites (tertiary alicyclic amines) is 2. The van der Waals surface area contributed by atoms with Crippen LogP contribution in [-0.2, 0) is 4.79 Å². The zero-order chi connectivity index (χ0) is 19.9. The summed E-state index contributed by atoms with van der Waals surface area (Å²) in [4.78, 5) is 20.9. The van der Waals surface area contributed by atoms with Gasteiger partial charge in [0.2, 0.25) is 5.91 Å². The van der Waals surface area contributed by atoms with E-state index in [1.54, 1.807) is 7.11 Å². The Labute approximate surface area is 192 Å². The third-order valence-electron chi connectivity index (χ3n) is 6.07. The van der Waals surface area contributed by atoms with E-state index >= 15 is 0 Å². The zero-order valence-electron chi connectivity index (χ0n) is 17.9. The molecule has 7 heteroatoms. The Morgan fingerprint density at radius 3 is 2.66 bits per heavy atom. The Morgan fingerprint density at radius 2 is 2.07 bits per heavy atom. The van der Waals surface area contributed by atoms with Crippen LogP contribution in [0.5, 0.6) is 5.75 Å². The maximum absolute atomic E-state index is 12.0. The molecule has 2 aliphatic rings. The predicted molar refractivity (Wildman–Crippen MR) is 128 cm³/mol. The van der Waals surface area contributed by atoms with Crippen molar-refractivity contribution in [2.24, 2.45) is 4.99 Å². The van der Waals surface area contributed by atoms with Gasteiger partial charge >= 0.3 is 0 Å². The lowest BCUT2D eigenvalue weighted by Crippen LogP contribution is -2.43. The number of aliphatic imine (C=N–C) groups is 1. The van der Waals surface area contributed by atoms with E-state index in [4.69, 9.17) is 4.74 Å². The SMILES string of the molecule is CCC(CCNC(=NC)N1CCC(c2ccc(OC)cc2)C1)N1CCCC1=O.I. The number of hydrogen-bond acceptors (Lipinski definition) is 3. The summed E-state index contributed by atoms with van der Waals surface area (Å²) in [6.07, 6.45) is 4.83. The predicted octanol–water partition coefficient (Wildman–Crippen LogP) is 3.47. The van der Waals surface area contributed by atoms with E-state index in [0.29, 0.717) is 24.3 Å². The Morgan fingerprint density at radius 1 is 1.31 bits per heavy atom. The van der Waals surface area contributed by atoms with Crippen LogP contribution in [0.15, 0.2) is 29.3 Å². The third-order valence-corrected chi connectivity index (χ3v) is 6.07. The molecule has 162 valence electrons. The van der Waals surface area contributed by atoms with Crippen LogP contribution in [0.1, 0.15) is 50.5 Å². The first-order valence-electron chi connectivity index (χ1n) is 10.5. The van der Waals surface area contributed by atoms with Crippen LogP contribution in [0.4, 0.5) is 0 Å².